The largest absolute Gasteiger partial charge is 0.444 e. The summed E-state index contributed by atoms with van der Waals surface area (Å²) in [6, 6.07) is 1.50. The van der Waals surface area contributed by atoms with Crippen LogP contribution in [-0.4, -0.2) is 62.2 Å². The van der Waals surface area contributed by atoms with Crippen molar-refractivity contribution in [2.24, 2.45) is 7.05 Å². The number of piperazine rings is 1. The molecule has 1 aliphatic heterocycles. The highest BCUT2D eigenvalue weighted by atomic mass is 16.6. The molecular formula is C21H31N5O4. The van der Waals surface area contributed by atoms with E-state index in [-0.39, 0.29) is 29.4 Å². The SMILES string of the molecule is CC[C@@H]1CN(c2cc(=O)n(C)n3cc(C=O)nc23)[C@@H](CC)CN1C(=O)OC(C)(C)C. The van der Waals surface area contributed by atoms with Gasteiger partial charge in [0.25, 0.3) is 5.56 Å². The number of rotatable bonds is 4. The fourth-order valence-corrected chi connectivity index (χ4v) is 3.93. The average molecular weight is 418 g/mol. The summed E-state index contributed by atoms with van der Waals surface area (Å²) in [4.78, 5) is 45.0. The molecule has 30 heavy (non-hydrogen) atoms. The van der Waals surface area contributed by atoms with Gasteiger partial charge >= 0.3 is 6.09 Å². The molecule has 2 aromatic heterocycles. The number of amides is 1. The van der Waals surface area contributed by atoms with Crippen molar-refractivity contribution in [3.8, 4) is 0 Å². The number of nitrogens with zero attached hydrogens (tertiary/aromatic N) is 5. The maximum Gasteiger partial charge on any atom is 0.410 e. The number of aryl methyl sites for hydroxylation is 1. The molecule has 0 radical (unpaired) electrons. The minimum atomic E-state index is -0.562. The van der Waals surface area contributed by atoms with Crippen LogP contribution >= 0.6 is 0 Å². The van der Waals surface area contributed by atoms with E-state index in [0.29, 0.717) is 30.7 Å². The fourth-order valence-electron chi connectivity index (χ4n) is 3.93. The lowest BCUT2D eigenvalue weighted by molar-refractivity contribution is 0.00988. The molecule has 2 atom stereocenters. The van der Waals surface area contributed by atoms with E-state index in [0.717, 1.165) is 12.8 Å². The molecule has 1 amide bonds. The van der Waals surface area contributed by atoms with E-state index >= 15 is 0 Å². The molecule has 1 fully saturated rings. The van der Waals surface area contributed by atoms with Gasteiger partial charge in [-0.3, -0.25) is 9.59 Å². The van der Waals surface area contributed by atoms with Crippen LogP contribution in [0.1, 0.15) is 57.9 Å². The van der Waals surface area contributed by atoms with Crippen LogP contribution in [0, 0.1) is 0 Å². The number of hydrogen-bond acceptors (Lipinski definition) is 6. The van der Waals surface area contributed by atoms with Crippen LogP contribution < -0.4 is 10.5 Å². The van der Waals surface area contributed by atoms with Crippen molar-refractivity contribution in [1.82, 2.24) is 19.1 Å². The highest BCUT2D eigenvalue weighted by molar-refractivity contribution is 5.77. The van der Waals surface area contributed by atoms with Crippen molar-refractivity contribution in [3.63, 3.8) is 0 Å². The van der Waals surface area contributed by atoms with Gasteiger partial charge in [-0.2, -0.15) is 0 Å². The first kappa shape index (κ1) is 21.9. The van der Waals surface area contributed by atoms with Crippen LogP contribution in [0.15, 0.2) is 17.1 Å². The summed E-state index contributed by atoms with van der Waals surface area (Å²) in [6.07, 6.45) is 3.45. The van der Waals surface area contributed by atoms with Gasteiger partial charge in [-0.15, -0.1) is 0 Å². The summed E-state index contributed by atoms with van der Waals surface area (Å²) < 4.78 is 8.66. The lowest BCUT2D eigenvalue weighted by Gasteiger charge is -2.47. The molecule has 0 spiro atoms. The van der Waals surface area contributed by atoms with E-state index in [2.05, 4.69) is 16.8 Å². The predicted octanol–water partition coefficient (Wildman–Crippen LogP) is 2.46. The number of ether oxygens (including phenoxy) is 1. The Morgan fingerprint density at radius 2 is 1.90 bits per heavy atom. The van der Waals surface area contributed by atoms with E-state index in [9.17, 15) is 14.4 Å². The van der Waals surface area contributed by atoms with Crippen LogP contribution in [0.2, 0.25) is 0 Å². The van der Waals surface area contributed by atoms with Crippen molar-refractivity contribution in [1.29, 1.82) is 0 Å². The highest BCUT2D eigenvalue weighted by Crippen LogP contribution is 2.29. The lowest BCUT2D eigenvalue weighted by Crippen LogP contribution is -2.60. The highest BCUT2D eigenvalue weighted by Gasteiger charge is 2.38. The summed E-state index contributed by atoms with van der Waals surface area (Å²) >= 11 is 0. The van der Waals surface area contributed by atoms with Crippen LogP contribution in [0.3, 0.4) is 0 Å². The minimum absolute atomic E-state index is 0.00685. The average Bonchev–Trinajstić information content (AvgIpc) is 3.13. The molecule has 0 N–H and O–H groups in total. The first-order valence-corrected chi connectivity index (χ1v) is 10.4. The zero-order chi connectivity index (χ0) is 22.2. The monoisotopic (exact) mass is 417 g/mol. The quantitative estimate of drug-likeness (QED) is 0.710. The third-order valence-corrected chi connectivity index (χ3v) is 5.54. The second-order valence-electron chi connectivity index (χ2n) is 8.75. The molecule has 0 aliphatic carbocycles. The number of fused-ring (bicyclic) bond motifs is 1. The first-order valence-electron chi connectivity index (χ1n) is 10.4. The first-order chi connectivity index (χ1) is 14.1. The van der Waals surface area contributed by atoms with Gasteiger partial charge in [0.2, 0.25) is 0 Å². The Morgan fingerprint density at radius 1 is 1.23 bits per heavy atom. The van der Waals surface area contributed by atoms with Crippen molar-refractivity contribution in [2.45, 2.75) is 65.1 Å². The van der Waals surface area contributed by atoms with Gasteiger partial charge in [-0.05, 0) is 33.6 Å². The van der Waals surface area contributed by atoms with Gasteiger partial charge in [0.05, 0.1) is 17.9 Å². The summed E-state index contributed by atoms with van der Waals surface area (Å²) in [5.74, 6) is 0. The van der Waals surface area contributed by atoms with Gasteiger partial charge < -0.3 is 14.5 Å². The Kier molecular flexibility index (Phi) is 5.92. The van der Waals surface area contributed by atoms with E-state index in [1.54, 1.807) is 28.7 Å². The number of carbonyl (C=O) groups excluding carboxylic acids is 2. The van der Waals surface area contributed by atoms with E-state index < -0.39 is 5.60 Å². The fraction of sp³-hybridized carbons (Fsp3) is 0.619. The Hall–Kier alpha value is -2.84. The Morgan fingerprint density at radius 3 is 2.47 bits per heavy atom. The normalized spacial score (nSPS) is 19.9. The van der Waals surface area contributed by atoms with E-state index in [1.807, 2.05) is 27.7 Å². The van der Waals surface area contributed by atoms with Crippen molar-refractivity contribution in [3.05, 3.63) is 28.3 Å². The summed E-state index contributed by atoms with van der Waals surface area (Å²) in [5.41, 5.74) is 0.751. The zero-order valence-electron chi connectivity index (χ0n) is 18.6. The topological polar surface area (TPSA) is 89.2 Å². The number of aldehydes is 1. The van der Waals surface area contributed by atoms with Crippen LogP contribution in [-0.2, 0) is 11.8 Å². The van der Waals surface area contributed by atoms with E-state index in [4.69, 9.17) is 4.74 Å². The Labute approximate surface area is 176 Å². The maximum atomic E-state index is 12.8. The lowest BCUT2D eigenvalue weighted by atomic mass is 10.0. The van der Waals surface area contributed by atoms with Gasteiger partial charge in [-0.1, -0.05) is 13.8 Å². The number of imidazole rings is 1. The smallest absolute Gasteiger partial charge is 0.410 e. The van der Waals surface area contributed by atoms with Gasteiger partial charge in [0, 0.05) is 32.2 Å². The molecule has 0 bridgehead atoms. The van der Waals surface area contributed by atoms with Crippen LogP contribution in [0.25, 0.3) is 5.65 Å². The third-order valence-electron chi connectivity index (χ3n) is 5.54. The van der Waals surface area contributed by atoms with Crippen molar-refractivity contribution in [2.75, 3.05) is 18.0 Å². The standard InChI is InChI=1S/C21H31N5O4/c1-7-15-12-25(20(29)30-21(3,4)5)16(8-2)11-24(15)17-9-18(28)23(6)26-10-14(13-27)22-19(17)26/h9-10,13,15-16H,7-8,11-12H2,1-6H3/t15-,16+/m0/s1. The Bertz CT molecular complexity index is 1000. The molecule has 1 saturated heterocycles. The second-order valence-corrected chi connectivity index (χ2v) is 8.75. The molecule has 1 aliphatic rings. The van der Waals surface area contributed by atoms with Crippen LogP contribution in [0.5, 0.6) is 0 Å². The van der Waals surface area contributed by atoms with Crippen molar-refractivity contribution >= 4 is 23.7 Å². The number of carbonyl (C=O) groups is 2. The summed E-state index contributed by atoms with van der Waals surface area (Å²) in [7, 11) is 1.64. The molecule has 0 saturated carbocycles. The molecule has 164 valence electrons. The predicted molar refractivity (Wildman–Crippen MR) is 114 cm³/mol. The van der Waals surface area contributed by atoms with Crippen LogP contribution in [0.4, 0.5) is 10.5 Å². The molecule has 9 heteroatoms. The summed E-state index contributed by atoms with van der Waals surface area (Å²) in [6.45, 7) is 10.7. The van der Waals surface area contributed by atoms with Crippen molar-refractivity contribution < 1.29 is 14.3 Å². The molecule has 0 aromatic carbocycles. The number of anilines is 1. The van der Waals surface area contributed by atoms with E-state index in [1.165, 1.54) is 4.68 Å². The van der Waals surface area contributed by atoms with Gasteiger partial charge in [-0.25, -0.2) is 19.0 Å². The molecule has 3 rings (SSSR count). The maximum absolute atomic E-state index is 12.8. The molecular weight excluding hydrogens is 386 g/mol. The van der Waals surface area contributed by atoms with Gasteiger partial charge in [0.1, 0.15) is 11.3 Å². The molecule has 2 aromatic rings. The molecule has 0 unspecified atom stereocenters. The third kappa shape index (κ3) is 4.06. The zero-order valence-corrected chi connectivity index (χ0v) is 18.6. The number of hydrogen-bond donors (Lipinski definition) is 0. The Balaban J connectivity index is 2.02. The number of aromatic nitrogens is 3. The summed E-state index contributed by atoms with van der Waals surface area (Å²) in [5, 5.41) is 0. The minimum Gasteiger partial charge on any atom is -0.444 e. The molecule has 9 nitrogen and oxygen atoms in total. The molecule has 3 heterocycles. The second kappa shape index (κ2) is 8.12. The van der Waals surface area contributed by atoms with Gasteiger partial charge in [0.15, 0.2) is 11.9 Å².